The molecule has 1 aliphatic rings. The Morgan fingerprint density at radius 3 is 2.59 bits per heavy atom. The van der Waals surface area contributed by atoms with Crippen LogP contribution in [0.3, 0.4) is 0 Å². The molecule has 9 heteroatoms. The van der Waals surface area contributed by atoms with Gasteiger partial charge in [-0.3, -0.25) is 10.1 Å². The van der Waals surface area contributed by atoms with Crippen molar-refractivity contribution in [2.24, 2.45) is 5.92 Å². The summed E-state index contributed by atoms with van der Waals surface area (Å²) in [6.07, 6.45) is -4.62. The number of nitriles is 1. The maximum atomic E-state index is 14.4. The zero-order chi connectivity index (χ0) is 21.7. The van der Waals surface area contributed by atoms with Crippen molar-refractivity contribution in [1.82, 2.24) is 10.6 Å². The minimum absolute atomic E-state index is 0.0536. The first-order valence-corrected chi connectivity index (χ1v) is 10.9. The highest BCUT2D eigenvalue weighted by molar-refractivity contribution is 9.10. The molecule has 0 radical (unpaired) electrons. The minimum atomic E-state index is -4.78. The molecule has 1 aromatic carbocycles. The van der Waals surface area contributed by atoms with E-state index < -0.39 is 29.7 Å². The van der Waals surface area contributed by atoms with Crippen LogP contribution in [-0.4, -0.2) is 35.7 Å². The normalized spacial score (nSPS) is 25.9. The van der Waals surface area contributed by atoms with E-state index in [1.54, 1.807) is 0 Å². The molecule has 1 heterocycles. The van der Waals surface area contributed by atoms with Crippen molar-refractivity contribution < 1.29 is 18.0 Å². The van der Waals surface area contributed by atoms with E-state index in [1.807, 2.05) is 19.9 Å². The molecular formula is C20H21BrF3N3OS. The topological polar surface area (TPSA) is 64.9 Å². The Bertz CT molecular complexity index is 827. The van der Waals surface area contributed by atoms with Gasteiger partial charge in [-0.05, 0) is 30.0 Å². The van der Waals surface area contributed by atoms with Crippen molar-refractivity contribution in [2.45, 2.75) is 44.1 Å². The molecule has 0 aliphatic carbocycles. The third-order valence-corrected chi connectivity index (χ3v) is 5.77. The van der Waals surface area contributed by atoms with Gasteiger partial charge in [-0.2, -0.15) is 18.4 Å². The molecule has 0 aromatic heterocycles. The van der Waals surface area contributed by atoms with Crippen LogP contribution in [0, 0.1) is 29.1 Å². The largest absolute Gasteiger partial charge is 0.422 e. The van der Waals surface area contributed by atoms with Gasteiger partial charge in [-0.25, -0.2) is 0 Å². The third kappa shape index (κ3) is 5.91. The van der Waals surface area contributed by atoms with Gasteiger partial charge >= 0.3 is 6.18 Å². The zero-order valence-corrected chi connectivity index (χ0v) is 18.3. The lowest BCUT2D eigenvalue weighted by molar-refractivity contribution is -0.185. The first-order chi connectivity index (χ1) is 13.6. The maximum absolute atomic E-state index is 14.4. The molecule has 1 aromatic rings. The first kappa shape index (κ1) is 23.6. The summed E-state index contributed by atoms with van der Waals surface area (Å²) in [5.41, 5.74) is -2.80. The van der Waals surface area contributed by atoms with Gasteiger partial charge in [-0.15, -0.1) is 11.8 Å². The molecule has 0 saturated heterocycles. The van der Waals surface area contributed by atoms with Gasteiger partial charge in [0.15, 0.2) is 0 Å². The van der Waals surface area contributed by atoms with E-state index in [9.17, 15) is 23.2 Å². The second-order valence-electron chi connectivity index (χ2n) is 7.09. The monoisotopic (exact) mass is 487 g/mol. The van der Waals surface area contributed by atoms with E-state index in [4.69, 9.17) is 0 Å². The van der Waals surface area contributed by atoms with E-state index in [0.29, 0.717) is 4.47 Å². The fraction of sp³-hybridized carbons (Fsp3) is 0.500. The average Bonchev–Trinajstić information content (AvgIpc) is 2.66. The van der Waals surface area contributed by atoms with Gasteiger partial charge in [0.1, 0.15) is 6.04 Å². The molecule has 0 bridgehead atoms. The standard InChI is InChI=1S/C20H21BrF3N3OS/c1-13(2)10-17-18(28)26-16(11-25)12-29-9-3-8-19(27-17,20(22,23)24)14-4-6-15(21)7-5-14/h4-7,13,16-17,27H,9-10,12H2,1-2H3,(H,26,28)/t16-,17+,19+/m1/s1. The molecule has 2 N–H and O–H groups in total. The van der Waals surface area contributed by atoms with Crippen LogP contribution in [0.15, 0.2) is 28.7 Å². The van der Waals surface area contributed by atoms with Crippen LogP contribution in [-0.2, 0) is 10.3 Å². The van der Waals surface area contributed by atoms with Gasteiger partial charge in [0, 0.05) is 10.2 Å². The van der Waals surface area contributed by atoms with Crippen LogP contribution >= 0.6 is 27.7 Å². The van der Waals surface area contributed by atoms with Crippen LogP contribution in [0.1, 0.15) is 25.8 Å². The number of carbonyl (C=O) groups is 1. The summed E-state index contributed by atoms with van der Waals surface area (Å²) < 4.78 is 44.0. The molecule has 4 nitrogen and oxygen atoms in total. The fourth-order valence-corrected chi connectivity index (χ4v) is 3.90. The van der Waals surface area contributed by atoms with Gasteiger partial charge in [-0.1, -0.05) is 53.8 Å². The Morgan fingerprint density at radius 1 is 1.38 bits per heavy atom. The SMILES string of the molecule is CC(C)C[C@@H]1N[C@@](c2ccc(Br)cc2)(C(F)(F)F)C#CCSC[C@@H](C#N)NC1=O. The predicted octanol–water partition coefficient (Wildman–Crippen LogP) is 3.97. The lowest BCUT2D eigenvalue weighted by atomic mass is 9.87. The summed E-state index contributed by atoms with van der Waals surface area (Å²) in [4.78, 5) is 12.8. The Morgan fingerprint density at radius 2 is 2.03 bits per heavy atom. The highest BCUT2D eigenvalue weighted by Gasteiger charge is 2.57. The van der Waals surface area contributed by atoms with Crippen molar-refractivity contribution >= 4 is 33.6 Å². The van der Waals surface area contributed by atoms with Crippen LogP contribution in [0.25, 0.3) is 0 Å². The fourth-order valence-electron chi connectivity index (χ4n) is 2.95. The third-order valence-electron chi connectivity index (χ3n) is 4.32. The van der Waals surface area contributed by atoms with Gasteiger partial charge in [0.05, 0.1) is 17.9 Å². The first-order valence-electron chi connectivity index (χ1n) is 8.97. The number of nitrogens with zero attached hydrogens (tertiary/aromatic N) is 1. The van der Waals surface area contributed by atoms with E-state index in [1.165, 1.54) is 36.0 Å². The Balaban J connectivity index is 2.62. The number of thioether (sulfide) groups is 1. The zero-order valence-electron chi connectivity index (χ0n) is 15.9. The number of halogens is 4. The molecular weight excluding hydrogens is 467 g/mol. The molecule has 2 rings (SSSR count). The summed E-state index contributed by atoms with van der Waals surface area (Å²) in [5, 5.41) is 14.3. The molecule has 3 atom stereocenters. The van der Waals surface area contributed by atoms with E-state index >= 15 is 0 Å². The van der Waals surface area contributed by atoms with Gasteiger partial charge in [0.2, 0.25) is 11.4 Å². The number of carbonyl (C=O) groups excluding carboxylic acids is 1. The molecule has 1 amide bonds. The molecule has 156 valence electrons. The lowest BCUT2D eigenvalue weighted by Crippen LogP contribution is -2.61. The Kier molecular flexibility index (Phi) is 8.04. The second kappa shape index (κ2) is 9.88. The molecule has 0 fully saturated rings. The summed E-state index contributed by atoms with van der Waals surface area (Å²) in [7, 11) is 0. The van der Waals surface area contributed by atoms with Crippen molar-refractivity contribution in [3.8, 4) is 17.9 Å². The number of amides is 1. The van der Waals surface area contributed by atoms with Gasteiger partial charge < -0.3 is 5.32 Å². The summed E-state index contributed by atoms with van der Waals surface area (Å²) >= 11 is 4.44. The predicted molar refractivity (Wildman–Crippen MR) is 111 cm³/mol. The minimum Gasteiger partial charge on any atom is -0.338 e. The molecule has 0 unspecified atom stereocenters. The number of hydrogen-bond acceptors (Lipinski definition) is 4. The van der Waals surface area contributed by atoms with Crippen molar-refractivity contribution in [3.05, 3.63) is 34.3 Å². The van der Waals surface area contributed by atoms with Crippen molar-refractivity contribution in [2.75, 3.05) is 11.5 Å². The van der Waals surface area contributed by atoms with Gasteiger partial charge in [0.25, 0.3) is 0 Å². The highest BCUT2D eigenvalue weighted by Crippen LogP contribution is 2.40. The molecule has 29 heavy (non-hydrogen) atoms. The van der Waals surface area contributed by atoms with E-state index in [-0.39, 0.29) is 29.4 Å². The maximum Gasteiger partial charge on any atom is 0.422 e. The van der Waals surface area contributed by atoms with Crippen molar-refractivity contribution in [1.29, 1.82) is 5.26 Å². The van der Waals surface area contributed by atoms with Crippen molar-refractivity contribution in [3.63, 3.8) is 0 Å². The van der Waals surface area contributed by atoms with E-state index in [2.05, 4.69) is 38.4 Å². The lowest BCUT2D eigenvalue weighted by Gasteiger charge is -2.36. The van der Waals surface area contributed by atoms with Crippen LogP contribution in [0.2, 0.25) is 0 Å². The highest BCUT2D eigenvalue weighted by atomic mass is 79.9. The second-order valence-corrected chi connectivity index (χ2v) is 9.03. The van der Waals surface area contributed by atoms with Crippen LogP contribution in [0.5, 0.6) is 0 Å². The number of rotatable bonds is 3. The quantitative estimate of drug-likeness (QED) is 0.633. The Hall–Kier alpha value is -1.68. The molecule has 0 spiro atoms. The summed E-state index contributed by atoms with van der Waals surface area (Å²) in [6, 6.07) is 5.71. The molecule has 0 saturated carbocycles. The number of hydrogen-bond donors (Lipinski definition) is 2. The van der Waals surface area contributed by atoms with Crippen LogP contribution in [0.4, 0.5) is 13.2 Å². The van der Waals surface area contributed by atoms with Crippen LogP contribution < -0.4 is 10.6 Å². The molecule has 1 aliphatic heterocycles. The van der Waals surface area contributed by atoms with E-state index in [0.717, 1.165) is 0 Å². The number of benzene rings is 1. The smallest absolute Gasteiger partial charge is 0.338 e. The summed E-state index contributed by atoms with van der Waals surface area (Å²) in [5.74, 6) is 4.65. The average molecular weight is 488 g/mol. The Labute approximate surface area is 181 Å². The summed E-state index contributed by atoms with van der Waals surface area (Å²) in [6.45, 7) is 3.64. The number of nitrogens with one attached hydrogen (secondary N) is 2. The number of alkyl halides is 3.